The largest absolute Gasteiger partial charge is 0.481 e. The molecular formula is C14H16ClFN2O3. The smallest absolute Gasteiger partial charge is 0.321 e. The summed E-state index contributed by atoms with van der Waals surface area (Å²) in [5.74, 6) is -1.39. The first-order valence-electron chi connectivity index (χ1n) is 6.56. The maximum Gasteiger partial charge on any atom is 0.321 e. The number of rotatable bonds is 2. The molecule has 1 fully saturated rings. The number of urea groups is 1. The van der Waals surface area contributed by atoms with Gasteiger partial charge in [-0.2, -0.15) is 0 Å². The molecule has 0 saturated carbocycles. The van der Waals surface area contributed by atoms with Crippen LogP contribution in [-0.2, 0) is 4.79 Å². The normalized spacial score (nSPS) is 17.4. The molecule has 2 amide bonds. The molecule has 0 aromatic heterocycles. The zero-order valence-electron chi connectivity index (χ0n) is 11.5. The molecule has 0 spiro atoms. The maximum absolute atomic E-state index is 13.0. The third-order valence-corrected chi connectivity index (χ3v) is 4.13. The van der Waals surface area contributed by atoms with E-state index in [4.69, 9.17) is 16.7 Å². The molecule has 2 N–H and O–H groups in total. The highest BCUT2D eigenvalue weighted by atomic mass is 35.5. The van der Waals surface area contributed by atoms with Crippen LogP contribution in [0.15, 0.2) is 18.2 Å². The number of piperidine rings is 1. The fourth-order valence-electron chi connectivity index (χ4n) is 2.19. The van der Waals surface area contributed by atoms with Gasteiger partial charge < -0.3 is 15.3 Å². The van der Waals surface area contributed by atoms with Gasteiger partial charge in [0, 0.05) is 18.8 Å². The number of hydrogen-bond acceptors (Lipinski definition) is 2. The lowest BCUT2D eigenvalue weighted by molar-refractivity contribution is -0.150. The second kappa shape index (κ2) is 5.89. The fourth-order valence-corrected chi connectivity index (χ4v) is 2.37. The third-order valence-electron chi connectivity index (χ3n) is 3.84. The minimum atomic E-state index is -0.840. The lowest BCUT2D eigenvalue weighted by Gasteiger charge is -2.36. The number of benzene rings is 1. The molecule has 1 aliphatic rings. The summed E-state index contributed by atoms with van der Waals surface area (Å²) >= 11 is 5.65. The SMILES string of the molecule is CC1(C(=O)O)CCN(C(=O)Nc2ccc(F)c(Cl)c2)CC1. The summed E-state index contributed by atoms with van der Waals surface area (Å²) in [6.45, 7) is 2.41. The summed E-state index contributed by atoms with van der Waals surface area (Å²) in [7, 11) is 0. The molecule has 0 bridgehead atoms. The van der Waals surface area contributed by atoms with Gasteiger partial charge >= 0.3 is 12.0 Å². The quantitative estimate of drug-likeness (QED) is 0.880. The van der Waals surface area contributed by atoms with E-state index in [1.165, 1.54) is 18.2 Å². The van der Waals surface area contributed by atoms with Gasteiger partial charge in [-0.3, -0.25) is 4.79 Å². The van der Waals surface area contributed by atoms with Gasteiger partial charge in [0.05, 0.1) is 10.4 Å². The number of anilines is 1. The number of amides is 2. The number of halogens is 2. The lowest BCUT2D eigenvalue weighted by Crippen LogP contribution is -2.46. The van der Waals surface area contributed by atoms with Crippen molar-refractivity contribution in [1.29, 1.82) is 0 Å². The van der Waals surface area contributed by atoms with Gasteiger partial charge in [0.25, 0.3) is 0 Å². The van der Waals surface area contributed by atoms with Crippen molar-refractivity contribution in [1.82, 2.24) is 4.90 Å². The number of likely N-dealkylation sites (tertiary alicyclic amines) is 1. The molecule has 1 aromatic carbocycles. The Bertz CT molecular complexity index is 571. The van der Waals surface area contributed by atoms with Gasteiger partial charge in [-0.15, -0.1) is 0 Å². The van der Waals surface area contributed by atoms with Crippen LogP contribution in [0, 0.1) is 11.2 Å². The number of nitrogens with one attached hydrogen (secondary N) is 1. The summed E-state index contributed by atoms with van der Waals surface area (Å²) < 4.78 is 13.0. The van der Waals surface area contributed by atoms with Crippen LogP contribution in [0.2, 0.25) is 5.02 Å². The van der Waals surface area contributed by atoms with Crippen LogP contribution in [0.5, 0.6) is 0 Å². The van der Waals surface area contributed by atoms with Crippen LogP contribution in [0.25, 0.3) is 0 Å². The lowest BCUT2D eigenvalue weighted by atomic mass is 9.80. The Balaban J connectivity index is 1.96. The molecular weight excluding hydrogens is 299 g/mol. The van der Waals surface area contributed by atoms with E-state index in [0.717, 1.165) is 0 Å². The molecule has 1 saturated heterocycles. The van der Waals surface area contributed by atoms with E-state index in [2.05, 4.69) is 5.32 Å². The zero-order chi connectivity index (χ0) is 15.6. The summed E-state index contributed by atoms with van der Waals surface area (Å²) in [5.41, 5.74) is -0.381. The average Bonchev–Trinajstić information content (AvgIpc) is 2.43. The zero-order valence-corrected chi connectivity index (χ0v) is 12.3. The molecule has 5 nitrogen and oxygen atoms in total. The number of aliphatic carboxylic acids is 1. The van der Waals surface area contributed by atoms with Crippen molar-refractivity contribution in [2.45, 2.75) is 19.8 Å². The molecule has 0 aliphatic carbocycles. The summed E-state index contributed by atoms with van der Waals surface area (Å²) in [6.07, 6.45) is 0.805. The molecule has 0 unspecified atom stereocenters. The number of carbonyl (C=O) groups is 2. The van der Waals surface area contributed by atoms with E-state index < -0.39 is 17.2 Å². The molecule has 0 atom stereocenters. The van der Waals surface area contributed by atoms with E-state index in [1.807, 2.05) is 0 Å². The highest BCUT2D eigenvalue weighted by Gasteiger charge is 2.38. The molecule has 1 aromatic rings. The molecule has 2 rings (SSSR count). The monoisotopic (exact) mass is 314 g/mol. The van der Waals surface area contributed by atoms with Gasteiger partial charge in [-0.25, -0.2) is 9.18 Å². The third kappa shape index (κ3) is 3.44. The Kier molecular flexibility index (Phi) is 4.37. The molecule has 21 heavy (non-hydrogen) atoms. The van der Waals surface area contributed by atoms with Gasteiger partial charge in [-0.1, -0.05) is 11.6 Å². The van der Waals surface area contributed by atoms with Gasteiger partial charge in [-0.05, 0) is 38.0 Å². The fraction of sp³-hybridized carbons (Fsp3) is 0.429. The topological polar surface area (TPSA) is 69.6 Å². The number of carbonyl (C=O) groups excluding carboxylic acids is 1. The maximum atomic E-state index is 13.0. The first kappa shape index (κ1) is 15.6. The van der Waals surface area contributed by atoms with Crippen LogP contribution < -0.4 is 5.32 Å². The molecule has 0 radical (unpaired) electrons. The highest BCUT2D eigenvalue weighted by molar-refractivity contribution is 6.31. The van der Waals surface area contributed by atoms with E-state index in [9.17, 15) is 14.0 Å². The summed E-state index contributed by atoms with van der Waals surface area (Å²) in [4.78, 5) is 24.8. The Labute approximate surface area is 126 Å². The highest BCUT2D eigenvalue weighted by Crippen LogP contribution is 2.31. The van der Waals surface area contributed by atoms with Crippen LogP contribution in [-0.4, -0.2) is 35.1 Å². The van der Waals surface area contributed by atoms with Crippen LogP contribution in [0.3, 0.4) is 0 Å². The van der Waals surface area contributed by atoms with E-state index in [-0.39, 0.29) is 11.1 Å². The predicted molar refractivity (Wildman–Crippen MR) is 77.0 cm³/mol. The standard InChI is InChI=1S/C14H16ClFN2O3/c1-14(12(19)20)4-6-18(7-5-14)13(21)17-9-2-3-11(16)10(15)8-9/h2-3,8H,4-7H2,1H3,(H,17,21)(H,19,20). The number of carboxylic acids is 1. The Morgan fingerprint density at radius 1 is 1.38 bits per heavy atom. The van der Waals surface area contributed by atoms with Crippen molar-refractivity contribution in [3.8, 4) is 0 Å². The Hall–Kier alpha value is -1.82. The number of carboxylic acid groups (broad SMARTS) is 1. The molecule has 114 valence electrons. The van der Waals surface area contributed by atoms with Crippen LogP contribution in [0.4, 0.5) is 14.9 Å². The molecule has 1 heterocycles. The van der Waals surface area contributed by atoms with Crippen LogP contribution in [0.1, 0.15) is 19.8 Å². The van der Waals surface area contributed by atoms with Crippen molar-refractivity contribution < 1.29 is 19.1 Å². The first-order valence-corrected chi connectivity index (χ1v) is 6.94. The first-order chi connectivity index (χ1) is 9.82. The van der Waals surface area contributed by atoms with Crippen molar-refractivity contribution in [3.05, 3.63) is 29.0 Å². The van der Waals surface area contributed by atoms with Gasteiger partial charge in [0.1, 0.15) is 5.82 Å². The average molecular weight is 315 g/mol. The molecule has 7 heteroatoms. The number of nitrogens with zero attached hydrogens (tertiary/aromatic N) is 1. The minimum absolute atomic E-state index is 0.0649. The van der Waals surface area contributed by atoms with Gasteiger partial charge in [0.15, 0.2) is 0 Å². The number of hydrogen-bond donors (Lipinski definition) is 2. The van der Waals surface area contributed by atoms with Crippen molar-refractivity contribution in [2.75, 3.05) is 18.4 Å². The van der Waals surface area contributed by atoms with Crippen molar-refractivity contribution in [3.63, 3.8) is 0 Å². The van der Waals surface area contributed by atoms with Gasteiger partial charge in [0.2, 0.25) is 0 Å². The Morgan fingerprint density at radius 3 is 2.52 bits per heavy atom. The van der Waals surface area contributed by atoms with E-state index in [0.29, 0.717) is 31.6 Å². The molecule has 1 aliphatic heterocycles. The van der Waals surface area contributed by atoms with Crippen LogP contribution >= 0.6 is 11.6 Å². The minimum Gasteiger partial charge on any atom is -0.481 e. The second-order valence-corrected chi connectivity index (χ2v) is 5.82. The van der Waals surface area contributed by atoms with Crippen molar-refractivity contribution in [2.24, 2.45) is 5.41 Å². The predicted octanol–water partition coefficient (Wildman–Crippen LogP) is 3.20. The van der Waals surface area contributed by atoms with E-state index in [1.54, 1.807) is 11.8 Å². The summed E-state index contributed by atoms with van der Waals surface area (Å²) in [5, 5.41) is 11.7. The second-order valence-electron chi connectivity index (χ2n) is 5.41. The van der Waals surface area contributed by atoms with E-state index >= 15 is 0 Å². The summed E-state index contributed by atoms with van der Waals surface area (Å²) in [6, 6.07) is 3.59. The Morgan fingerprint density at radius 2 is 2.00 bits per heavy atom. The van der Waals surface area contributed by atoms with Crippen molar-refractivity contribution >= 4 is 29.3 Å².